The predicted molar refractivity (Wildman–Crippen MR) is 71.2 cm³/mol. The van der Waals surface area contributed by atoms with Crippen molar-refractivity contribution in [3.05, 3.63) is 11.3 Å². The predicted octanol–water partition coefficient (Wildman–Crippen LogP) is 1.27. The Hall–Kier alpha value is -1.01. The molecule has 1 saturated heterocycles. The van der Waals surface area contributed by atoms with Gasteiger partial charge in [-0.25, -0.2) is 4.98 Å². The molecule has 0 radical (unpaired) electrons. The minimum atomic E-state index is -0.0783. The van der Waals surface area contributed by atoms with Crippen LogP contribution in [0.5, 0.6) is 0 Å². The first kappa shape index (κ1) is 13.4. The molecule has 2 heterocycles. The monoisotopic (exact) mass is 268 g/mol. The number of hydrogen-bond donors (Lipinski definition) is 1. The van der Waals surface area contributed by atoms with Crippen LogP contribution in [0.4, 0.5) is 0 Å². The van der Waals surface area contributed by atoms with Gasteiger partial charge in [0.2, 0.25) is 5.91 Å². The number of amides is 1. The molecule has 1 aromatic rings. The maximum Gasteiger partial charge on any atom is 0.240 e. The quantitative estimate of drug-likeness (QED) is 0.897. The molecule has 1 atom stereocenters. The number of rotatable bonds is 3. The summed E-state index contributed by atoms with van der Waals surface area (Å²) in [5, 5.41) is 3.11. The Morgan fingerprint density at radius 1 is 1.61 bits per heavy atom. The fourth-order valence-corrected chi connectivity index (χ4v) is 2.83. The zero-order chi connectivity index (χ0) is 13.2. The second-order valence-electron chi connectivity index (χ2n) is 5.59. The highest BCUT2D eigenvalue weighted by Crippen LogP contribution is 2.29. The van der Waals surface area contributed by atoms with E-state index in [0.29, 0.717) is 6.54 Å². The molecular weight excluding hydrogens is 248 g/mol. The van der Waals surface area contributed by atoms with E-state index in [2.05, 4.69) is 28.5 Å². The van der Waals surface area contributed by atoms with Crippen LogP contribution >= 0.6 is 11.5 Å². The first-order chi connectivity index (χ1) is 8.52. The molecule has 1 aromatic heterocycles. The van der Waals surface area contributed by atoms with Gasteiger partial charge in [0.1, 0.15) is 5.51 Å². The van der Waals surface area contributed by atoms with Gasteiger partial charge in [-0.15, -0.1) is 0 Å². The van der Waals surface area contributed by atoms with E-state index >= 15 is 0 Å². The molecule has 18 heavy (non-hydrogen) atoms. The normalized spacial score (nSPS) is 24.1. The summed E-state index contributed by atoms with van der Waals surface area (Å²) in [6, 6.07) is -0.0783. The summed E-state index contributed by atoms with van der Waals surface area (Å²) in [4.78, 5) is 18.5. The average Bonchev–Trinajstić information content (AvgIpc) is 2.77. The molecule has 5 nitrogen and oxygen atoms in total. The first-order valence-corrected chi connectivity index (χ1v) is 7.07. The van der Waals surface area contributed by atoms with Crippen LogP contribution in [0.3, 0.4) is 0 Å². The highest BCUT2D eigenvalue weighted by molar-refractivity contribution is 7.03. The topological polar surface area (TPSA) is 58.1 Å². The van der Waals surface area contributed by atoms with Crippen molar-refractivity contribution in [2.45, 2.75) is 39.3 Å². The number of nitrogens with zero attached hydrogens (tertiary/aromatic N) is 3. The fraction of sp³-hybridized carbons (Fsp3) is 0.750. The van der Waals surface area contributed by atoms with Gasteiger partial charge in [0, 0.05) is 6.54 Å². The number of carbonyl (C=O) groups is 1. The highest BCUT2D eigenvalue weighted by atomic mass is 32.1. The molecule has 1 unspecified atom stereocenters. The number of nitrogens with one attached hydrogen (secondary N) is 1. The lowest BCUT2D eigenvalue weighted by Crippen LogP contribution is -2.44. The van der Waals surface area contributed by atoms with Crippen molar-refractivity contribution in [2.75, 3.05) is 13.6 Å². The molecule has 0 aromatic carbocycles. The summed E-state index contributed by atoms with van der Waals surface area (Å²) in [6.45, 7) is 5.70. The molecule has 1 aliphatic heterocycles. The van der Waals surface area contributed by atoms with Gasteiger partial charge in [0.15, 0.2) is 5.82 Å². The Morgan fingerprint density at radius 3 is 3.00 bits per heavy atom. The van der Waals surface area contributed by atoms with Crippen molar-refractivity contribution < 1.29 is 4.79 Å². The van der Waals surface area contributed by atoms with Crippen LogP contribution in [0.25, 0.3) is 0 Å². The fourth-order valence-electron chi connectivity index (χ4n) is 2.39. The van der Waals surface area contributed by atoms with Gasteiger partial charge >= 0.3 is 0 Å². The lowest BCUT2D eigenvalue weighted by atomic mass is 9.87. The number of likely N-dealkylation sites (N-methyl/N-ethyl adjacent to an activating group) is 1. The third-order valence-electron chi connectivity index (χ3n) is 3.43. The SMILES string of the molecule is CNC1CCC(C)(C)CN(Cc2ncsn2)C1=O. The van der Waals surface area contributed by atoms with Gasteiger partial charge < -0.3 is 10.2 Å². The van der Waals surface area contributed by atoms with Gasteiger partial charge in [-0.1, -0.05) is 13.8 Å². The molecular formula is C12H20N4OS. The Kier molecular flexibility index (Phi) is 3.97. The van der Waals surface area contributed by atoms with Crippen molar-refractivity contribution in [1.29, 1.82) is 0 Å². The van der Waals surface area contributed by atoms with E-state index in [-0.39, 0.29) is 17.4 Å². The molecule has 0 spiro atoms. The van der Waals surface area contributed by atoms with Crippen LogP contribution < -0.4 is 5.32 Å². The minimum Gasteiger partial charge on any atom is -0.333 e. The summed E-state index contributed by atoms with van der Waals surface area (Å²) in [5.41, 5.74) is 1.86. The maximum atomic E-state index is 12.4. The zero-order valence-corrected chi connectivity index (χ0v) is 12.0. The molecule has 1 amide bonds. The summed E-state index contributed by atoms with van der Waals surface area (Å²) in [7, 11) is 1.85. The molecule has 1 fully saturated rings. The standard InChI is InChI=1S/C12H20N4OS/c1-12(2)5-4-9(13-3)11(17)16(7-12)6-10-14-8-18-15-10/h8-9,13H,4-7H2,1-3H3. The van der Waals surface area contributed by atoms with E-state index < -0.39 is 0 Å². The Labute approximate surface area is 112 Å². The van der Waals surface area contributed by atoms with Crippen molar-refractivity contribution in [2.24, 2.45) is 5.41 Å². The van der Waals surface area contributed by atoms with Gasteiger partial charge in [-0.3, -0.25) is 4.79 Å². The van der Waals surface area contributed by atoms with Crippen LogP contribution in [0.1, 0.15) is 32.5 Å². The largest absolute Gasteiger partial charge is 0.333 e. The third-order valence-corrected chi connectivity index (χ3v) is 3.94. The van der Waals surface area contributed by atoms with Crippen LogP contribution in [-0.4, -0.2) is 39.8 Å². The van der Waals surface area contributed by atoms with E-state index in [4.69, 9.17) is 0 Å². The lowest BCUT2D eigenvalue weighted by molar-refractivity contribution is -0.134. The molecule has 2 rings (SSSR count). The van der Waals surface area contributed by atoms with E-state index in [1.54, 1.807) is 5.51 Å². The van der Waals surface area contributed by atoms with Crippen LogP contribution in [-0.2, 0) is 11.3 Å². The third kappa shape index (κ3) is 3.05. The Bertz CT molecular complexity index is 404. The molecule has 0 bridgehead atoms. The van der Waals surface area contributed by atoms with Crippen molar-refractivity contribution in [3.8, 4) is 0 Å². The van der Waals surface area contributed by atoms with Crippen molar-refractivity contribution >= 4 is 17.4 Å². The summed E-state index contributed by atoms with van der Waals surface area (Å²) in [5.74, 6) is 0.902. The van der Waals surface area contributed by atoms with E-state index in [1.165, 1.54) is 11.5 Å². The van der Waals surface area contributed by atoms with E-state index in [1.807, 2.05) is 11.9 Å². The van der Waals surface area contributed by atoms with Crippen LogP contribution in [0.2, 0.25) is 0 Å². The number of likely N-dealkylation sites (tertiary alicyclic amines) is 1. The van der Waals surface area contributed by atoms with Gasteiger partial charge in [0.25, 0.3) is 0 Å². The maximum absolute atomic E-state index is 12.4. The number of aromatic nitrogens is 2. The minimum absolute atomic E-state index is 0.0783. The van der Waals surface area contributed by atoms with Crippen LogP contribution in [0.15, 0.2) is 5.51 Å². The molecule has 100 valence electrons. The van der Waals surface area contributed by atoms with Gasteiger partial charge in [0.05, 0.1) is 12.6 Å². The van der Waals surface area contributed by atoms with Gasteiger partial charge in [-0.2, -0.15) is 4.37 Å². The van der Waals surface area contributed by atoms with Crippen molar-refractivity contribution in [1.82, 2.24) is 19.6 Å². The second kappa shape index (κ2) is 5.32. The van der Waals surface area contributed by atoms with Crippen molar-refractivity contribution in [3.63, 3.8) is 0 Å². The Balaban J connectivity index is 2.15. The summed E-state index contributed by atoms with van der Waals surface area (Å²) < 4.78 is 4.19. The summed E-state index contributed by atoms with van der Waals surface area (Å²) >= 11 is 1.33. The molecule has 1 aliphatic rings. The van der Waals surface area contributed by atoms with E-state index in [9.17, 15) is 4.79 Å². The molecule has 1 N–H and O–H groups in total. The molecule has 6 heteroatoms. The molecule has 0 saturated carbocycles. The highest BCUT2D eigenvalue weighted by Gasteiger charge is 2.34. The molecule has 0 aliphatic carbocycles. The first-order valence-electron chi connectivity index (χ1n) is 6.23. The number of hydrogen-bond acceptors (Lipinski definition) is 5. The second-order valence-corrected chi connectivity index (χ2v) is 6.19. The van der Waals surface area contributed by atoms with Crippen LogP contribution in [0, 0.1) is 5.41 Å². The Morgan fingerprint density at radius 2 is 2.39 bits per heavy atom. The van der Waals surface area contributed by atoms with E-state index in [0.717, 1.165) is 25.2 Å². The average molecular weight is 268 g/mol. The zero-order valence-electron chi connectivity index (χ0n) is 11.1. The van der Waals surface area contributed by atoms with Gasteiger partial charge in [-0.05, 0) is 36.8 Å². The smallest absolute Gasteiger partial charge is 0.240 e. The lowest BCUT2D eigenvalue weighted by Gasteiger charge is -2.29. The summed E-state index contributed by atoms with van der Waals surface area (Å²) in [6.07, 6.45) is 1.94. The number of carbonyl (C=O) groups excluding carboxylic acids is 1.